The monoisotopic (exact) mass is 218 g/mol. The van der Waals surface area contributed by atoms with Gasteiger partial charge >= 0.3 is 5.97 Å². The van der Waals surface area contributed by atoms with E-state index in [1.54, 1.807) is 12.3 Å². The largest absolute Gasteiger partial charge is 0.476 e. The van der Waals surface area contributed by atoms with Gasteiger partial charge in [0.25, 0.3) is 0 Å². The molecule has 0 aromatic carbocycles. The summed E-state index contributed by atoms with van der Waals surface area (Å²) in [7, 11) is 0. The summed E-state index contributed by atoms with van der Waals surface area (Å²) in [5.41, 5.74) is 6.39. The van der Waals surface area contributed by atoms with E-state index in [1.807, 2.05) is 13.0 Å². The maximum absolute atomic E-state index is 10.8. The molecule has 0 aliphatic heterocycles. The highest BCUT2D eigenvalue weighted by Gasteiger charge is 2.14. The number of nitrogens with two attached hydrogens (primary N) is 1. The van der Waals surface area contributed by atoms with E-state index in [9.17, 15) is 4.79 Å². The fourth-order valence-corrected chi connectivity index (χ4v) is 1.38. The van der Waals surface area contributed by atoms with Gasteiger partial charge in [-0.15, -0.1) is 0 Å². The average Bonchev–Trinajstić information content (AvgIpc) is 2.61. The molecule has 2 aromatic rings. The third kappa shape index (κ3) is 1.60. The van der Waals surface area contributed by atoms with Crippen molar-refractivity contribution < 1.29 is 9.90 Å². The van der Waals surface area contributed by atoms with Gasteiger partial charge in [0.1, 0.15) is 0 Å². The average molecular weight is 218 g/mol. The van der Waals surface area contributed by atoms with Crippen LogP contribution in [-0.2, 0) is 0 Å². The zero-order valence-electron chi connectivity index (χ0n) is 8.58. The van der Waals surface area contributed by atoms with Gasteiger partial charge in [0.2, 0.25) is 0 Å². The minimum atomic E-state index is -1.15. The lowest BCUT2D eigenvalue weighted by Crippen LogP contribution is -2.04. The van der Waals surface area contributed by atoms with Crippen molar-refractivity contribution in [1.82, 2.24) is 14.8 Å². The molecular formula is C10H10N4O2. The molecule has 16 heavy (non-hydrogen) atoms. The molecule has 0 atom stereocenters. The standard InChI is InChI=1S/C10H10N4O2/c1-6-3-2-4-12-9(6)14-5-7(11)8(13-14)10(15)16/h2-5H,11H2,1H3,(H,15,16). The highest BCUT2D eigenvalue weighted by atomic mass is 16.4. The first kappa shape index (κ1) is 10.2. The minimum absolute atomic E-state index is 0.123. The highest BCUT2D eigenvalue weighted by molar-refractivity contribution is 5.91. The predicted molar refractivity (Wildman–Crippen MR) is 57.5 cm³/mol. The van der Waals surface area contributed by atoms with E-state index < -0.39 is 5.97 Å². The van der Waals surface area contributed by atoms with Gasteiger partial charge in [0.05, 0.1) is 11.9 Å². The van der Waals surface area contributed by atoms with Gasteiger partial charge < -0.3 is 10.8 Å². The van der Waals surface area contributed by atoms with E-state index in [0.29, 0.717) is 5.82 Å². The number of hydrogen-bond acceptors (Lipinski definition) is 4. The van der Waals surface area contributed by atoms with E-state index in [2.05, 4.69) is 10.1 Å². The van der Waals surface area contributed by atoms with Crippen molar-refractivity contribution >= 4 is 11.7 Å². The van der Waals surface area contributed by atoms with E-state index in [0.717, 1.165) is 5.56 Å². The molecule has 0 fully saturated rings. The van der Waals surface area contributed by atoms with Crippen LogP contribution in [0.1, 0.15) is 16.1 Å². The molecular weight excluding hydrogens is 208 g/mol. The lowest BCUT2D eigenvalue weighted by molar-refractivity contribution is 0.0691. The van der Waals surface area contributed by atoms with Crippen molar-refractivity contribution in [3.05, 3.63) is 35.8 Å². The Morgan fingerprint density at radius 3 is 2.88 bits per heavy atom. The van der Waals surface area contributed by atoms with Gasteiger partial charge in [-0.2, -0.15) is 5.10 Å². The molecule has 6 heteroatoms. The second-order valence-corrected chi connectivity index (χ2v) is 3.33. The van der Waals surface area contributed by atoms with Gasteiger partial charge in [-0.1, -0.05) is 6.07 Å². The Labute approximate surface area is 91.3 Å². The Bertz CT molecular complexity index is 548. The topological polar surface area (TPSA) is 94.0 Å². The second-order valence-electron chi connectivity index (χ2n) is 3.33. The summed E-state index contributed by atoms with van der Waals surface area (Å²) in [6, 6.07) is 3.66. The van der Waals surface area contributed by atoms with Crippen molar-refractivity contribution in [2.24, 2.45) is 0 Å². The van der Waals surface area contributed by atoms with Crippen LogP contribution in [0.25, 0.3) is 5.82 Å². The molecule has 0 saturated carbocycles. The molecule has 0 unspecified atom stereocenters. The quantitative estimate of drug-likeness (QED) is 0.779. The van der Waals surface area contributed by atoms with Crippen LogP contribution in [0.3, 0.4) is 0 Å². The number of hydrogen-bond donors (Lipinski definition) is 2. The zero-order valence-corrected chi connectivity index (χ0v) is 8.58. The van der Waals surface area contributed by atoms with E-state index in [1.165, 1.54) is 10.9 Å². The summed E-state index contributed by atoms with van der Waals surface area (Å²) in [6.45, 7) is 1.86. The first-order valence-electron chi connectivity index (χ1n) is 4.60. The van der Waals surface area contributed by atoms with Crippen LogP contribution in [0.2, 0.25) is 0 Å². The number of pyridine rings is 1. The number of aromatic carboxylic acids is 1. The molecule has 0 bridgehead atoms. The maximum Gasteiger partial charge on any atom is 0.358 e. The van der Waals surface area contributed by atoms with Crippen LogP contribution >= 0.6 is 0 Å². The van der Waals surface area contributed by atoms with Gasteiger partial charge in [-0.3, -0.25) is 0 Å². The lowest BCUT2D eigenvalue weighted by Gasteiger charge is -2.02. The zero-order chi connectivity index (χ0) is 11.7. The Balaban J connectivity index is 2.54. The number of aromatic nitrogens is 3. The molecule has 3 N–H and O–H groups in total. The smallest absolute Gasteiger partial charge is 0.358 e. The molecule has 0 aliphatic carbocycles. The molecule has 2 heterocycles. The highest BCUT2D eigenvalue weighted by Crippen LogP contribution is 2.14. The number of nitrogen functional groups attached to an aromatic ring is 1. The molecule has 6 nitrogen and oxygen atoms in total. The molecule has 2 aromatic heterocycles. The molecule has 0 spiro atoms. The van der Waals surface area contributed by atoms with Crippen molar-refractivity contribution in [2.45, 2.75) is 6.92 Å². The first-order chi connectivity index (χ1) is 7.59. The van der Waals surface area contributed by atoms with E-state index >= 15 is 0 Å². The molecule has 0 radical (unpaired) electrons. The van der Waals surface area contributed by atoms with Crippen LogP contribution < -0.4 is 5.73 Å². The normalized spacial score (nSPS) is 10.3. The fraction of sp³-hybridized carbons (Fsp3) is 0.100. The summed E-state index contributed by atoms with van der Waals surface area (Å²) in [6.07, 6.45) is 3.05. The number of carboxylic acids is 1. The summed E-state index contributed by atoms with van der Waals surface area (Å²) in [5.74, 6) is -0.577. The minimum Gasteiger partial charge on any atom is -0.476 e. The predicted octanol–water partition coefficient (Wildman–Crippen LogP) is 0.856. The first-order valence-corrected chi connectivity index (χ1v) is 4.60. The van der Waals surface area contributed by atoms with Crippen LogP contribution in [0.4, 0.5) is 5.69 Å². The van der Waals surface area contributed by atoms with Gasteiger partial charge in [-0.05, 0) is 18.6 Å². The molecule has 0 saturated heterocycles. The number of rotatable bonds is 2. The van der Waals surface area contributed by atoms with Crippen molar-refractivity contribution in [3.8, 4) is 5.82 Å². The SMILES string of the molecule is Cc1cccnc1-n1cc(N)c(C(=O)O)n1. The maximum atomic E-state index is 10.8. The molecule has 0 amide bonds. The van der Waals surface area contributed by atoms with Gasteiger partial charge in [0, 0.05) is 6.20 Å². The Morgan fingerprint density at radius 1 is 1.56 bits per heavy atom. The second kappa shape index (κ2) is 3.65. The number of carboxylic acid groups (broad SMARTS) is 1. The molecule has 82 valence electrons. The summed E-state index contributed by atoms with van der Waals surface area (Å²) in [4.78, 5) is 14.9. The molecule has 0 aliphatic rings. The van der Waals surface area contributed by atoms with E-state index in [-0.39, 0.29) is 11.4 Å². The van der Waals surface area contributed by atoms with E-state index in [4.69, 9.17) is 10.8 Å². The third-order valence-electron chi connectivity index (χ3n) is 2.14. The third-order valence-corrected chi connectivity index (χ3v) is 2.14. The van der Waals surface area contributed by atoms with Crippen molar-refractivity contribution in [3.63, 3.8) is 0 Å². The number of anilines is 1. The number of nitrogens with zero attached hydrogens (tertiary/aromatic N) is 3. The van der Waals surface area contributed by atoms with Crippen LogP contribution in [0, 0.1) is 6.92 Å². The summed E-state index contributed by atoms with van der Waals surface area (Å²) < 4.78 is 1.37. The number of aryl methyl sites for hydroxylation is 1. The van der Waals surface area contributed by atoms with Crippen molar-refractivity contribution in [2.75, 3.05) is 5.73 Å². The fourth-order valence-electron chi connectivity index (χ4n) is 1.38. The number of carbonyl (C=O) groups is 1. The Hall–Kier alpha value is -2.37. The Morgan fingerprint density at radius 2 is 2.31 bits per heavy atom. The van der Waals surface area contributed by atoms with Crippen LogP contribution in [0.5, 0.6) is 0 Å². The van der Waals surface area contributed by atoms with Crippen LogP contribution in [0.15, 0.2) is 24.5 Å². The lowest BCUT2D eigenvalue weighted by atomic mass is 10.3. The Kier molecular flexibility index (Phi) is 2.32. The van der Waals surface area contributed by atoms with Gasteiger partial charge in [-0.25, -0.2) is 14.5 Å². The van der Waals surface area contributed by atoms with Crippen molar-refractivity contribution in [1.29, 1.82) is 0 Å². The van der Waals surface area contributed by atoms with Gasteiger partial charge in [0.15, 0.2) is 11.5 Å². The summed E-state index contributed by atoms with van der Waals surface area (Å²) >= 11 is 0. The summed E-state index contributed by atoms with van der Waals surface area (Å²) in [5, 5.41) is 12.7. The van der Waals surface area contributed by atoms with Crippen LogP contribution in [-0.4, -0.2) is 25.8 Å². The molecule has 2 rings (SSSR count).